The van der Waals surface area contributed by atoms with E-state index in [1.807, 2.05) is 35.8 Å². The monoisotopic (exact) mass is 423 g/mol. The molecule has 1 aromatic heterocycles. The molecule has 2 aliphatic heterocycles. The van der Waals surface area contributed by atoms with E-state index in [-0.39, 0.29) is 24.2 Å². The second-order valence-corrected chi connectivity index (χ2v) is 7.19. The Kier molecular flexibility index (Phi) is 8.93. The number of nitriles is 1. The van der Waals surface area contributed by atoms with Crippen LogP contribution in [-0.2, 0) is 24.2 Å². The van der Waals surface area contributed by atoms with E-state index in [0.29, 0.717) is 44.0 Å². The van der Waals surface area contributed by atoms with E-state index in [1.165, 1.54) is 0 Å². The first-order chi connectivity index (χ1) is 15.1. The van der Waals surface area contributed by atoms with Gasteiger partial charge in [-0.3, -0.25) is 4.79 Å². The summed E-state index contributed by atoms with van der Waals surface area (Å²) in [7, 11) is 0. The number of nitrogens with zero attached hydrogens (tertiary/aromatic N) is 3. The highest BCUT2D eigenvalue weighted by molar-refractivity contribution is 5.97. The maximum atomic E-state index is 12.7. The van der Waals surface area contributed by atoms with Crippen molar-refractivity contribution >= 4 is 11.9 Å². The van der Waals surface area contributed by atoms with Gasteiger partial charge >= 0.3 is 6.03 Å². The van der Waals surface area contributed by atoms with Gasteiger partial charge in [-0.1, -0.05) is 24.3 Å². The fourth-order valence-electron chi connectivity index (χ4n) is 3.88. The van der Waals surface area contributed by atoms with Crippen LogP contribution in [0.2, 0.25) is 0 Å². The number of amides is 3. The Labute approximate surface area is 183 Å². The summed E-state index contributed by atoms with van der Waals surface area (Å²) in [5, 5.41) is 12.7. The number of rotatable bonds is 5. The number of aromatic nitrogens is 1. The fraction of sp³-hybridized carbons (Fsp3) is 0.435. The molecule has 2 aliphatic rings. The van der Waals surface area contributed by atoms with Gasteiger partial charge in [0.05, 0.1) is 23.4 Å². The number of terminal acetylenes is 1. The molecule has 1 aromatic rings. The molecule has 8 nitrogen and oxygen atoms in total. The molecule has 0 aromatic carbocycles. The van der Waals surface area contributed by atoms with Crippen molar-refractivity contribution in [1.29, 1.82) is 5.26 Å². The molecule has 1 saturated heterocycles. The minimum Gasteiger partial charge on any atom is -0.381 e. The number of nitrogens with two attached hydrogens (primary N) is 1. The maximum Gasteiger partial charge on any atom is 0.318 e. The molecular formula is C23H29N5O3. The first-order valence-corrected chi connectivity index (χ1v) is 10.2. The molecular weight excluding hydrogens is 394 g/mol. The van der Waals surface area contributed by atoms with Crippen molar-refractivity contribution in [3.63, 3.8) is 0 Å². The Morgan fingerprint density at radius 2 is 2.00 bits per heavy atom. The van der Waals surface area contributed by atoms with Crippen LogP contribution in [-0.4, -0.2) is 47.2 Å². The number of hydrogen-bond donors (Lipinski definition) is 2. The minimum atomic E-state index is -0.638. The lowest BCUT2D eigenvalue weighted by Crippen LogP contribution is -2.49. The first kappa shape index (κ1) is 23.8. The topological polar surface area (TPSA) is 113 Å². The van der Waals surface area contributed by atoms with Gasteiger partial charge in [0.15, 0.2) is 0 Å². The molecule has 0 spiro atoms. The molecule has 164 valence electrons. The number of ether oxygens (including phenoxy) is 1. The Morgan fingerprint density at radius 1 is 1.29 bits per heavy atom. The summed E-state index contributed by atoms with van der Waals surface area (Å²) in [6.45, 7) is 4.50. The third-order valence-electron chi connectivity index (χ3n) is 5.36. The smallest absolute Gasteiger partial charge is 0.318 e. The van der Waals surface area contributed by atoms with Crippen molar-refractivity contribution in [2.75, 3.05) is 19.8 Å². The summed E-state index contributed by atoms with van der Waals surface area (Å²) in [5.74, 6) is -0.638. The lowest BCUT2D eigenvalue weighted by Gasteiger charge is -2.32. The summed E-state index contributed by atoms with van der Waals surface area (Å²) in [6.07, 6.45) is 17.8. The first-order valence-electron chi connectivity index (χ1n) is 10.2. The molecule has 8 heteroatoms. The molecule has 0 bridgehead atoms. The molecule has 0 radical (unpaired) electrons. The van der Waals surface area contributed by atoms with Crippen molar-refractivity contribution in [1.82, 2.24) is 14.8 Å². The van der Waals surface area contributed by atoms with Gasteiger partial charge < -0.3 is 25.3 Å². The largest absolute Gasteiger partial charge is 0.381 e. The number of carbonyl (C=O) groups excluding carboxylic acids is 2. The Balaban J connectivity index is 0.00000166. The predicted molar refractivity (Wildman–Crippen MR) is 118 cm³/mol. The van der Waals surface area contributed by atoms with E-state index in [2.05, 4.69) is 24.2 Å². The van der Waals surface area contributed by atoms with E-state index in [0.717, 1.165) is 18.5 Å². The molecule has 31 heavy (non-hydrogen) atoms. The molecule has 0 atom stereocenters. The molecule has 0 aliphatic carbocycles. The fourth-order valence-corrected chi connectivity index (χ4v) is 3.88. The average molecular weight is 424 g/mol. The molecule has 0 unspecified atom stereocenters. The van der Waals surface area contributed by atoms with Crippen molar-refractivity contribution in [3.8, 4) is 18.9 Å². The van der Waals surface area contributed by atoms with Gasteiger partial charge in [0.2, 0.25) is 0 Å². The van der Waals surface area contributed by atoms with Crippen LogP contribution in [0.5, 0.6) is 0 Å². The highest BCUT2D eigenvalue weighted by Crippen LogP contribution is 2.28. The van der Waals surface area contributed by atoms with Crippen LogP contribution in [0.25, 0.3) is 0 Å². The lowest BCUT2D eigenvalue weighted by molar-refractivity contribution is 0.0773. The number of urea groups is 1. The number of allylic oxidation sites excluding steroid dienone is 4. The van der Waals surface area contributed by atoms with Crippen molar-refractivity contribution in [2.24, 2.45) is 5.73 Å². The highest BCUT2D eigenvalue weighted by atomic mass is 16.5. The number of hydrogen-bond acceptors (Lipinski definition) is 4. The zero-order valence-corrected chi connectivity index (χ0v) is 17.8. The van der Waals surface area contributed by atoms with Gasteiger partial charge in [-0.25, -0.2) is 4.79 Å². The van der Waals surface area contributed by atoms with E-state index in [1.54, 1.807) is 4.90 Å². The van der Waals surface area contributed by atoms with Crippen LogP contribution in [0.1, 0.15) is 47.1 Å². The minimum absolute atomic E-state index is 0.0996. The van der Waals surface area contributed by atoms with Crippen LogP contribution >= 0.6 is 0 Å². The zero-order chi connectivity index (χ0) is 22.8. The van der Waals surface area contributed by atoms with Crippen LogP contribution < -0.4 is 11.1 Å². The van der Waals surface area contributed by atoms with Crippen LogP contribution in [0.4, 0.5) is 4.79 Å². The standard InChI is InChI=1S/C21H27N5O3.C2H2/c1-2-3-4-5-6-17-16(13-22)19(20(23)27)18-14-25(9-10-26(17)18)21(28)24-15-7-11-29-12-8-15;1-2/h2-5,15H,6-12,14H2,1H3,(H2,23,27)(H,24,28);1-2H/b3-2-,5-4-;. The molecule has 3 N–H and O–H groups in total. The third-order valence-corrected chi connectivity index (χ3v) is 5.36. The summed E-state index contributed by atoms with van der Waals surface area (Å²) >= 11 is 0. The van der Waals surface area contributed by atoms with Crippen LogP contribution in [0, 0.1) is 24.2 Å². The van der Waals surface area contributed by atoms with Crippen LogP contribution in [0.3, 0.4) is 0 Å². The average Bonchev–Trinajstić information content (AvgIpc) is 3.11. The maximum absolute atomic E-state index is 12.7. The molecule has 3 rings (SSSR count). The SMILES string of the molecule is C#C.C/C=C\C=C/Cc1c(C#N)c(C(N)=O)c2n1CCN(C(=O)NC1CCOCC1)C2. The van der Waals surface area contributed by atoms with Crippen molar-refractivity contribution < 1.29 is 14.3 Å². The normalized spacial score (nSPS) is 16.4. The Morgan fingerprint density at radius 3 is 2.61 bits per heavy atom. The Hall–Kier alpha value is -3.49. The lowest BCUT2D eigenvalue weighted by atomic mass is 10.1. The van der Waals surface area contributed by atoms with Crippen LogP contribution in [0.15, 0.2) is 24.3 Å². The molecule has 1 fully saturated rings. The second-order valence-electron chi connectivity index (χ2n) is 7.19. The van der Waals surface area contributed by atoms with E-state index >= 15 is 0 Å². The van der Waals surface area contributed by atoms with Gasteiger partial charge in [-0.05, 0) is 19.8 Å². The van der Waals surface area contributed by atoms with Crippen molar-refractivity contribution in [3.05, 3.63) is 46.8 Å². The van der Waals surface area contributed by atoms with E-state index in [9.17, 15) is 14.9 Å². The summed E-state index contributed by atoms with van der Waals surface area (Å²) in [4.78, 5) is 26.5. The van der Waals surface area contributed by atoms with E-state index < -0.39 is 5.91 Å². The summed E-state index contributed by atoms with van der Waals surface area (Å²) in [6, 6.07) is 2.09. The Bertz CT molecular complexity index is 914. The zero-order valence-electron chi connectivity index (χ0n) is 17.8. The summed E-state index contributed by atoms with van der Waals surface area (Å²) < 4.78 is 7.30. The van der Waals surface area contributed by atoms with Gasteiger partial charge in [0, 0.05) is 44.5 Å². The van der Waals surface area contributed by atoms with Gasteiger partial charge in [0.1, 0.15) is 6.07 Å². The molecule has 3 heterocycles. The van der Waals surface area contributed by atoms with Gasteiger partial charge in [-0.15, -0.1) is 12.8 Å². The quantitative estimate of drug-likeness (QED) is 0.557. The number of primary amides is 1. The summed E-state index contributed by atoms with van der Waals surface area (Å²) in [5.41, 5.74) is 7.55. The van der Waals surface area contributed by atoms with Gasteiger partial charge in [0.25, 0.3) is 5.91 Å². The molecule has 0 saturated carbocycles. The third kappa shape index (κ3) is 5.56. The van der Waals surface area contributed by atoms with E-state index in [4.69, 9.17) is 10.5 Å². The highest BCUT2D eigenvalue weighted by Gasteiger charge is 2.31. The van der Waals surface area contributed by atoms with Crippen molar-refractivity contribution in [2.45, 2.75) is 45.3 Å². The number of carbonyl (C=O) groups is 2. The van der Waals surface area contributed by atoms with Gasteiger partial charge in [-0.2, -0.15) is 5.26 Å². The number of nitrogens with one attached hydrogen (secondary N) is 1. The predicted octanol–water partition coefficient (Wildman–Crippen LogP) is 2.09. The second kappa shape index (κ2) is 11.6. The number of fused-ring (bicyclic) bond motifs is 1. The molecule has 3 amide bonds.